The van der Waals surface area contributed by atoms with E-state index in [2.05, 4.69) is 0 Å². The lowest BCUT2D eigenvalue weighted by atomic mass is 10.4. The van der Waals surface area contributed by atoms with Gasteiger partial charge in [0, 0.05) is 19.6 Å². The van der Waals surface area contributed by atoms with Crippen LogP contribution in [0, 0.1) is 0 Å². The van der Waals surface area contributed by atoms with Gasteiger partial charge in [0.05, 0.1) is 19.4 Å². The van der Waals surface area contributed by atoms with Gasteiger partial charge in [0.2, 0.25) is 0 Å². The third kappa shape index (κ3) is 2.67. The lowest BCUT2D eigenvalue weighted by molar-refractivity contribution is 0.0320. The summed E-state index contributed by atoms with van der Waals surface area (Å²) in [6.07, 6.45) is -0.579. The van der Waals surface area contributed by atoms with Gasteiger partial charge in [-0.1, -0.05) is 0 Å². The fraction of sp³-hybridized carbons (Fsp3) is 1.00. The molecule has 1 atom stereocenters. The molecule has 0 spiro atoms. The summed E-state index contributed by atoms with van der Waals surface area (Å²) >= 11 is 0. The second kappa shape index (κ2) is 4.75. The van der Waals surface area contributed by atoms with E-state index in [1.54, 1.807) is 7.05 Å². The number of nitrogens with zero attached hydrogens (tertiary/aromatic N) is 2. The van der Waals surface area contributed by atoms with E-state index in [1.165, 1.54) is 8.61 Å². The molecule has 0 aliphatic carbocycles. The third-order valence-electron chi connectivity index (χ3n) is 2.50. The van der Waals surface area contributed by atoms with Gasteiger partial charge in [-0.15, -0.1) is 0 Å². The molecule has 0 amide bonds. The molecule has 1 saturated heterocycles. The van der Waals surface area contributed by atoms with Gasteiger partial charge in [-0.2, -0.15) is 17.0 Å². The van der Waals surface area contributed by atoms with Gasteiger partial charge < -0.3 is 10.5 Å². The lowest BCUT2D eigenvalue weighted by Gasteiger charge is -2.35. The zero-order chi connectivity index (χ0) is 11.6. The van der Waals surface area contributed by atoms with Crippen LogP contribution in [0.1, 0.15) is 13.8 Å². The molecule has 90 valence electrons. The maximum atomic E-state index is 12.1. The van der Waals surface area contributed by atoms with Crippen LogP contribution in [0.15, 0.2) is 0 Å². The smallest absolute Gasteiger partial charge is 0.283 e. The Morgan fingerprint density at radius 2 is 2.13 bits per heavy atom. The van der Waals surface area contributed by atoms with Crippen LogP contribution < -0.4 is 5.73 Å². The highest BCUT2D eigenvalue weighted by Gasteiger charge is 2.34. The lowest BCUT2D eigenvalue weighted by Crippen LogP contribution is -2.57. The van der Waals surface area contributed by atoms with Gasteiger partial charge in [-0.3, -0.25) is 0 Å². The van der Waals surface area contributed by atoms with Crippen LogP contribution in [0.2, 0.25) is 0 Å². The molecule has 0 saturated carbocycles. The Bertz CT molecular complexity index is 304. The first-order chi connectivity index (χ1) is 6.87. The van der Waals surface area contributed by atoms with Gasteiger partial charge >= 0.3 is 0 Å². The van der Waals surface area contributed by atoms with Crippen molar-refractivity contribution in [1.82, 2.24) is 8.61 Å². The molecule has 0 bridgehead atoms. The molecule has 0 radical (unpaired) electrons. The van der Waals surface area contributed by atoms with Crippen LogP contribution in [0.25, 0.3) is 0 Å². The first-order valence-corrected chi connectivity index (χ1v) is 6.35. The van der Waals surface area contributed by atoms with Crippen molar-refractivity contribution in [2.45, 2.75) is 26.1 Å². The van der Waals surface area contributed by atoms with E-state index in [0.717, 1.165) is 0 Å². The molecule has 7 heteroatoms. The second-order valence-corrected chi connectivity index (χ2v) is 5.81. The van der Waals surface area contributed by atoms with Crippen LogP contribution in [0.5, 0.6) is 0 Å². The summed E-state index contributed by atoms with van der Waals surface area (Å²) in [5.74, 6) is 0. The van der Waals surface area contributed by atoms with Crippen molar-refractivity contribution in [3.8, 4) is 0 Å². The highest BCUT2D eigenvalue weighted by molar-refractivity contribution is 7.86. The van der Waals surface area contributed by atoms with Crippen molar-refractivity contribution in [3.05, 3.63) is 0 Å². The summed E-state index contributed by atoms with van der Waals surface area (Å²) in [6.45, 7) is 4.62. The van der Waals surface area contributed by atoms with Crippen LogP contribution in [-0.4, -0.2) is 56.0 Å². The molecule has 1 aliphatic heterocycles. The van der Waals surface area contributed by atoms with E-state index in [0.29, 0.717) is 13.2 Å². The fourth-order valence-corrected chi connectivity index (χ4v) is 2.90. The molecule has 0 aromatic carbocycles. The summed E-state index contributed by atoms with van der Waals surface area (Å²) in [4.78, 5) is 0. The average molecular weight is 237 g/mol. The van der Waals surface area contributed by atoms with Crippen LogP contribution in [0.3, 0.4) is 0 Å². The molecule has 6 nitrogen and oxygen atoms in total. The molecular weight excluding hydrogens is 218 g/mol. The molecule has 1 unspecified atom stereocenters. The molecule has 0 aromatic rings. The Kier molecular flexibility index (Phi) is 4.07. The number of hydrogen-bond acceptors (Lipinski definition) is 4. The van der Waals surface area contributed by atoms with Crippen LogP contribution in [0.4, 0.5) is 0 Å². The molecule has 0 aromatic heterocycles. The predicted molar refractivity (Wildman–Crippen MR) is 57.3 cm³/mol. The van der Waals surface area contributed by atoms with Gasteiger partial charge in [0.25, 0.3) is 10.2 Å². The summed E-state index contributed by atoms with van der Waals surface area (Å²) < 4.78 is 31.8. The molecule has 1 fully saturated rings. The first-order valence-electron chi connectivity index (χ1n) is 4.95. The van der Waals surface area contributed by atoms with Gasteiger partial charge in [-0.25, -0.2) is 0 Å². The van der Waals surface area contributed by atoms with Crippen molar-refractivity contribution >= 4 is 10.2 Å². The molecule has 2 N–H and O–H groups in total. The third-order valence-corrected chi connectivity index (χ3v) is 4.70. The minimum atomic E-state index is -3.45. The largest absolute Gasteiger partial charge is 0.377 e. The van der Waals surface area contributed by atoms with Gasteiger partial charge in [-0.05, 0) is 13.8 Å². The number of hydrogen-bond donors (Lipinski definition) is 1. The Morgan fingerprint density at radius 1 is 1.53 bits per heavy atom. The second-order valence-electron chi connectivity index (χ2n) is 3.87. The monoisotopic (exact) mass is 237 g/mol. The Morgan fingerprint density at radius 3 is 2.60 bits per heavy atom. The van der Waals surface area contributed by atoms with E-state index in [4.69, 9.17) is 10.5 Å². The maximum absolute atomic E-state index is 12.1. The van der Waals surface area contributed by atoms with Crippen molar-refractivity contribution in [2.75, 3.05) is 26.8 Å². The zero-order valence-electron chi connectivity index (χ0n) is 9.38. The van der Waals surface area contributed by atoms with Crippen molar-refractivity contribution < 1.29 is 13.2 Å². The zero-order valence-corrected chi connectivity index (χ0v) is 10.2. The maximum Gasteiger partial charge on any atom is 0.283 e. The standard InChI is InChI=1S/C8H19N3O3S/c1-7(2)10(3)15(12,13)11-4-5-14-6-8(11)9/h7-8H,4-6,9H2,1-3H3. The Hall–Kier alpha value is -0.210. The summed E-state index contributed by atoms with van der Waals surface area (Å²) in [5, 5.41) is 0. The molecule has 15 heavy (non-hydrogen) atoms. The number of morpholine rings is 1. The number of ether oxygens (including phenoxy) is 1. The van der Waals surface area contributed by atoms with E-state index >= 15 is 0 Å². The number of rotatable bonds is 3. The first kappa shape index (κ1) is 12.9. The van der Waals surface area contributed by atoms with Crippen molar-refractivity contribution in [3.63, 3.8) is 0 Å². The fourth-order valence-electron chi connectivity index (χ4n) is 1.33. The van der Waals surface area contributed by atoms with Gasteiger partial charge in [0.15, 0.2) is 0 Å². The Balaban J connectivity index is 2.84. The highest BCUT2D eigenvalue weighted by Crippen LogP contribution is 2.14. The quantitative estimate of drug-likeness (QED) is 0.696. The van der Waals surface area contributed by atoms with Crippen LogP contribution >= 0.6 is 0 Å². The van der Waals surface area contributed by atoms with E-state index in [9.17, 15) is 8.42 Å². The molecule has 1 aliphatic rings. The minimum absolute atomic E-state index is 0.0787. The summed E-state index contributed by atoms with van der Waals surface area (Å²) in [7, 11) is -1.89. The topological polar surface area (TPSA) is 75.9 Å². The number of nitrogens with two attached hydrogens (primary N) is 1. The molecule has 1 rings (SSSR count). The minimum Gasteiger partial charge on any atom is -0.377 e. The SMILES string of the molecule is CC(C)N(C)S(=O)(=O)N1CCOCC1N. The summed E-state index contributed by atoms with van der Waals surface area (Å²) in [6, 6.07) is -0.0787. The highest BCUT2D eigenvalue weighted by atomic mass is 32.2. The van der Waals surface area contributed by atoms with E-state index < -0.39 is 16.4 Å². The van der Waals surface area contributed by atoms with Crippen molar-refractivity contribution in [1.29, 1.82) is 0 Å². The van der Waals surface area contributed by atoms with Gasteiger partial charge in [0.1, 0.15) is 0 Å². The predicted octanol–water partition coefficient (Wildman–Crippen LogP) is -0.812. The molecular formula is C8H19N3O3S. The van der Waals surface area contributed by atoms with E-state index in [-0.39, 0.29) is 12.6 Å². The van der Waals surface area contributed by atoms with E-state index in [1.807, 2.05) is 13.8 Å². The normalized spacial score (nSPS) is 25.1. The van der Waals surface area contributed by atoms with Crippen molar-refractivity contribution in [2.24, 2.45) is 5.73 Å². The summed E-state index contributed by atoms with van der Waals surface area (Å²) in [5.41, 5.74) is 5.70. The van der Waals surface area contributed by atoms with Crippen LogP contribution in [-0.2, 0) is 14.9 Å². The average Bonchev–Trinajstić information content (AvgIpc) is 2.16. The molecule has 1 heterocycles. The Labute approximate surface area is 91.2 Å².